The second-order valence-electron chi connectivity index (χ2n) is 41.0. The summed E-state index contributed by atoms with van der Waals surface area (Å²) in [4.78, 5) is 4.23. The highest BCUT2D eigenvalue weighted by Crippen LogP contribution is 2.53. The average Bonchev–Trinajstić information content (AvgIpc) is 1.55. The van der Waals surface area contributed by atoms with Crippen molar-refractivity contribution in [3.05, 3.63) is 457 Å². The molecule has 0 aliphatic heterocycles. The molecule has 0 spiro atoms. The Kier molecular flexibility index (Phi) is 17.6. The summed E-state index contributed by atoms with van der Waals surface area (Å²) in [6.45, 7) is 41.8. The van der Waals surface area contributed by atoms with E-state index in [9.17, 15) is 0 Å². The van der Waals surface area contributed by atoms with Gasteiger partial charge in [-0.3, -0.25) is 4.98 Å². The molecular formula is C133H128N4. The summed E-state index contributed by atoms with van der Waals surface area (Å²) < 4.78 is 244. The molecule has 680 valence electrons. The Balaban J connectivity index is 0.000000142. The molecule has 0 radical (unpaired) electrons. The predicted octanol–water partition coefficient (Wildman–Crippen LogP) is 37.2. The molecule has 0 fully saturated rings. The van der Waals surface area contributed by atoms with Gasteiger partial charge in [0.15, 0.2) is 0 Å². The van der Waals surface area contributed by atoms with E-state index in [1.807, 2.05) is 175 Å². The average molecular weight is 1810 g/mol. The highest BCUT2D eigenvalue weighted by Gasteiger charge is 2.34. The number of rotatable bonds is 11. The van der Waals surface area contributed by atoms with E-state index in [2.05, 4.69) is 193 Å². The van der Waals surface area contributed by atoms with Crippen LogP contribution in [0.2, 0.25) is 0 Å². The van der Waals surface area contributed by atoms with Crippen LogP contribution in [0.1, 0.15) is 208 Å². The standard InChI is InChI=1S/C42H45N.C35H31N.C34H29N.C22H23N/c1-40(2,3)30-25-29(26-31(27-30)41(4,5)6)34-23-24-36-38(39(34)42(7,8)9)37-33(28-17-12-10-13-18-28)21-16-22-35(37)43(36)32-19-14-11-15-20-32;1-24-13-11-16-26(23-24)29-21-22-31-33(34(29)35(2,3)4)32-28(25-14-7-5-8-15-25)19-12-20-30(32)36(31)27-17-9-6-10-18-27;1-34(2,3)33-28(25-16-9-5-10-17-25)22-23-30-32(33)31-27(24-14-7-4-8-15-24)20-13-21-29(31)35(30)26-18-11-6-12-19-26;1-16-9-8-12-18(13-16)20-15-23-14-19(21(20)22(2,3)4)17-10-6-5-7-11-17/h10-27H,1-9H3;5-23H,1-4H3;4-23H,1-3H3;5-15H,1-4H3/i10D,12D,13D,17D,18D;5D,7D,8D,11D,13D,14D,15D,16D,23D;4D,7D,8D,14D,15D;5D,6D,7D,8D,9D,10D,11D,12D,13D. The van der Waals surface area contributed by atoms with Gasteiger partial charge in [-0.15, -0.1) is 0 Å². The molecule has 17 aromatic carbocycles. The van der Waals surface area contributed by atoms with Crippen LogP contribution in [0.4, 0.5) is 0 Å². The third kappa shape index (κ3) is 18.6. The lowest BCUT2D eigenvalue weighted by Crippen LogP contribution is -2.17. The summed E-state index contributed by atoms with van der Waals surface area (Å²) >= 11 is 0. The van der Waals surface area contributed by atoms with Crippen molar-refractivity contribution in [1.82, 2.24) is 18.7 Å². The van der Waals surface area contributed by atoms with Gasteiger partial charge in [-0.2, -0.15) is 0 Å². The Bertz CT molecular complexity index is 9500. The van der Waals surface area contributed by atoms with Crippen molar-refractivity contribution < 1.29 is 38.4 Å². The second kappa shape index (κ2) is 37.5. The highest BCUT2D eigenvalue weighted by molar-refractivity contribution is 6.21. The zero-order chi connectivity index (χ0) is 120. The smallest absolute Gasteiger partial charge is 0.0632 e. The van der Waals surface area contributed by atoms with Crippen molar-refractivity contribution in [3.8, 4) is 106 Å². The Morgan fingerprint density at radius 3 is 0.788 bits per heavy atom. The Morgan fingerprint density at radius 2 is 0.474 bits per heavy atom. The quantitative estimate of drug-likeness (QED) is 0.127. The Labute approximate surface area is 852 Å². The molecule has 0 bridgehead atoms. The topological polar surface area (TPSA) is 27.7 Å². The Hall–Kier alpha value is -14.7. The zero-order valence-corrected chi connectivity index (χ0v) is 81.4. The van der Waals surface area contributed by atoms with Gasteiger partial charge < -0.3 is 13.7 Å². The number of benzene rings is 17. The van der Waals surface area contributed by atoms with Crippen molar-refractivity contribution in [2.24, 2.45) is 0 Å². The number of fused-ring (bicyclic) bond motifs is 9. The molecule has 21 rings (SSSR count). The minimum absolute atomic E-state index is 0.00623. The van der Waals surface area contributed by atoms with Gasteiger partial charge in [0.25, 0.3) is 0 Å². The summed E-state index contributed by atoms with van der Waals surface area (Å²) in [7, 11) is 0. The van der Waals surface area contributed by atoms with Crippen LogP contribution in [-0.4, -0.2) is 18.7 Å². The highest BCUT2D eigenvalue weighted by atomic mass is 15.0. The van der Waals surface area contributed by atoms with Gasteiger partial charge in [-0.25, -0.2) is 0 Å². The number of hydrogen-bond acceptors (Lipinski definition) is 1. The zero-order valence-electron chi connectivity index (χ0n) is 109. The number of hydrogen-bond donors (Lipinski definition) is 0. The van der Waals surface area contributed by atoms with E-state index in [0.717, 1.165) is 116 Å². The molecule has 4 nitrogen and oxygen atoms in total. The second-order valence-corrected chi connectivity index (χ2v) is 41.0. The molecule has 0 atom stereocenters. The molecule has 0 aliphatic rings. The van der Waals surface area contributed by atoms with Gasteiger partial charge in [0.2, 0.25) is 0 Å². The van der Waals surface area contributed by atoms with E-state index in [4.69, 9.17) is 38.4 Å². The van der Waals surface area contributed by atoms with Crippen molar-refractivity contribution in [2.45, 2.75) is 171 Å². The van der Waals surface area contributed by atoms with E-state index in [1.165, 1.54) is 23.5 Å². The first kappa shape index (κ1) is 64.3. The number of aromatic nitrogens is 4. The van der Waals surface area contributed by atoms with Crippen molar-refractivity contribution >= 4 is 65.4 Å². The van der Waals surface area contributed by atoms with Gasteiger partial charge in [0, 0.05) is 72.9 Å². The van der Waals surface area contributed by atoms with Gasteiger partial charge >= 0.3 is 0 Å². The lowest BCUT2D eigenvalue weighted by Gasteiger charge is -2.29. The van der Waals surface area contributed by atoms with Crippen LogP contribution >= 0.6 is 0 Å². The molecule has 4 heteroatoms. The molecule has 0 aliphatic carbocycles. The third-order valence-electron chi connectivity index (χ3n) is 25.0. The number of para-hydroxylation sites is 3. The van der Waals surface area contributed by atoms with Crippen molar-refractivity contribution in [3.63, 3.8) is 0 Å². The molecule has 0 unspecified atom stereocenters. The minimum Gasteiger partial charge on any atom is -0.309 e. The third-order valence-corrected chi connectivity index (χ3v) is 25.0. The molecule has 4 heterocycles. The van der Waals surface area contributed by atoms with Gasteiger partial charge in [-0.05, 0) is 230 Å². The first-order chi connectivity index (χ1) is 77.3. The monoisotopic (exact) mass is 1810 g/mol. The maximum Gasteiger partial charge on any atom is 0.0632 e. The van der Waals surface area contributed by atoms with E-state index in [-0.39, 0.29) is 187 Å². The lowest BCUT2D eigenvalue weighted by molar-refractivity contribution is 0.568. The normalized spacial score (nSPS) is 14.9. The molecule has 0 saturated carbocycles. The number of nitrogens with zero attached hydrogens (tertiary/aromatic N) is 4. The fraction of sp³-hybridized carbons (Fsp3) is 0.195. The van der Waals surface area contributed by atoms with E-state index in [1.54, 1.807) is 19.9 Å². The maximum absolute atomic E-state index is 8.99. The fourth-order valence-corrected chi connectivity index (χ4v) is 19.3. The first-order valence-corrected chi connectivity index (χ1v) is 46.4. The first-order valence-electron chi connectivity index (χ1n) is 60.4. The number of pyridine rings is 1. The fourth-order valence-electron chi connectivity index (χ4n) is 19.3. The van der Waals surface area contributed by atoms with Crippen LogP contribution in [0.5, 0.6) is 0 Å². The maximum atomic E-state index is 8.99. The molecule has 0 N–H and O–H groups in total. The van der Waals surface area contributed by atoms with Gasteiger partial charge in [-0.1, -0.05) is 463 Å². The largest absolute Gasteiger partial charge is 0.309 e. The van der Waals surface area contributed by atoms with E-state index < -0.39 is 53.1 Å². The molecular weight excluding hydrogens is 1650 g/mol. The molecule has 0 saturated heterocycles. The van der Waals surface area contributed by atoms with E-state index in [0.29, 0.717) is 49.9 Å². The molecule has 21 aromatic rings. The minimum atomic E-state index is -0.634. The lowest BCUT2D eigenvalue weighted by atomic mass is 9.75. The molecule has 137 heavy (non-hydrogen) atoms. The van der Waals surface area contributed by atoms with Gasteiger partial charge in [0.05, 0.1) is 71.5 Å². The SMILES string of the molecule is [2H]c1c([2H])c([2H])c(-c2cccc3c2c2c(C(C)(C)C)c(-c4c([2H])c([2H])c([2H])c(C)c4[2H])ccc2n3-c2ccccc2)c([2H])c1[2H].[2H]c1c([2H])c([2H])c(-c2cccc3c2c2c(C(C)(C)C)c(-c4cc(C(C)(C)C)cc(C(C)(C)C)c4)ccc2n3-c2ccccc2)c([2H])c1[2H].[2H]c1c([2H])c([2H])c(-c2cccc3c2c2c(C(C)(C)C)c(-c4ccccc4)ccc2n3-c2ccccc2)c([2H])c1[2H].[2H]c1c([2H])c([2H])c(-c2cncc(-c3c([2H])c([2H])c([2H])c(C)c3[2H])c2C(C)(C)C)c([2H])c1[2H]. The van der Waals surface area contributed by atoms with Gasteiger partial charge in [0.1, 0.15) is 0 Å². The summed E-state index contributed by atoms with van der Waals surface area (Å²) in [6.07, 6.45) is 2.89. The van der Waals surface area contributed by atoms with Crippen LogP contribution < -0.4 is 0 Å². The summed E-state index contributed by atoms with van der Waals surface area (Å²) in [5.41, 5.74) is 21.6. The van der Waals surface area contributed by atoms with Crippen LogP contribution in [-0.2, 0) is 32.5 Å². The van der Waals surface area contributed by atoms with Crippen LogP contribution in [0.3, 0.4) is 0 Å². The summed E-state index contributed by atoms with van der Waals surface area (Å²) in [5, 5.41) is 5.25. The molecule has 0 amide bonds. The summed E-state index contributed by atoms with van der Waals surface area (Å²) in [6, 6.07) is 68.9. The van der Waals surface area contributed by atoms with Crippen LogP contribution in [0.15, 0.2) is 412 Å². The Morgan fingerprint density at radius 1 is 0.204 bits per heavy atom. The van der Waals surface area contributed by atoms with Crippen LogP contribution in [0.25, 0.3) is 171 Å². The van der Waals surface area contributed by atoms with Crippen molar-refractivity contribution in [2.75, 3.05) is 0 Å². The molecule has 4 aromatic heterocycles. The predicted molar refractivity (Wildman–Crippen MR) is 592 cm³/mol. The summed E-state index contributed by atoms with van der Waals surface area (Å²) in [5.74, 6) is 0. The van der Waals surface area contributed by atoms with E-state index >= 15 is 0 Å². The van der Waals surface area contributed by atoms with Crippen LogP contribution in [0, 0.1) is 13.8 Å². The van der Waals surface area contributed by atoms with Crippen molar-refractivity contribution in [1.29, 1.82) is 0 Å².